The van der Waals surface area contributed by atoms with Gasteiger partial charge in [0, 0.05) is 22.8 Å². The minimum absolute atomic E-state index is 0.104. The number of methoxy groups -OCH3 is 2. The summed E-state index contributed by atoms with van der Waals surface area (Å²) < 4.78 is 24.9. The van der Waals surface area contributed by atoms with E-state index in [4.69, 9.17) is 9.47 Å². The first-order valence-electron chi connectivity index (χ1n) is 7.97. The molecule has 1 N–H and O–H groups in total. The number of fused-ring (bicyclic) bond motifs is 1. The minimum atomic E-state index is -1.14. The number of hydrogen-bond donors (Lipinski definition) is 1. The maximum Gasteiger partial charge on any atom is 0.331 e. The van der Waals surface area contributed by atoms with Gasteiger partial charge in [0.25, 0.3) is 5.91 Å². The third-order valence-corrected chi connectivity index (χ3v) is 5.23. The smallest absolute Gasteiger partial charge is 0.331 e. The van der Waals surface area contributed by atoms with Gasteiger partial charge in [0.1, 0.15) is 11.4 Å². The van der Waals surface area contributed by atoms with Gasteiger partial charge in [-0.25, -0.2) is 9.18 Å². The van der Waals surface area contributed by atoms with Crippen molar-refractivity contribution >= 4 is 33.3 Å². The Bertz CT molecular complexity index is 789. The molecule has 0 aliphatic rings. The molecule has 136 valence electrons. The van der Waals surface area contributed by atoms with Crippen LogP contribution >= 0.6 is 11.3 Å². The number of nitrogens with one attached hydrogen (secondary N) is 1. The number of hydrogen-bond acceptors (Lipinski definition) is 5. The van der Waals surface area contributed by atoms with Crippen molar-refractivity contribution in [3.05, 3.63) is 34.5 Å². The molecule has 1 unspecified atom stereocenters. The second kappa shape index (κ2) is 7.93. The maximum atomic E-state index is 14.2. The molecule has 1 atom stereocenters. The molecule has 0 radical (unpaired) electrons. The highest BCUT2D eigenvalue weighted by molar-refractivity contribution is 7.21. The molecule has 0 saturated carbocycles. The first-order valence-corrected chi connectivity index (χ1v) is 8.79. The van der Waals surface area contributed by atoms with Crippen molar-refractivity contribution < 1.29 is 23.5 Å². The third kappa shape index (κ3) is 3.82. The number of ether oxygens (including phenoxy) is 2. The zero-order valence-electron chi connectivity index (χ0n) is 14.8. The zero-order valence-corrected chi connectivity index (χ0v) is 15.6. The van der Waals surface area contributed by atoms with Crippen LogP contribution < -0.4 is 5.32 Å². The lowest BCUT2D eigenvalue weighted by atomic mass is 9.96. The molecule has 0 aliphatic heterocycles. The molecule has 0 spiro atoms. The lowest BCUT2D eigenvalue weighted by Crippen LogP contribution is -2.52. The first kappa shape index (κ1) is 19.3. The summed E-state index contributed by atoms with van der Waals surface area (Å²) in [5.74, 6) is -1.35. The fourth-order valence-corrected chi connectivity index (χ4v) is 4.00. The monoisotopic (exact) mass is 367 g/mol. The van der Waals surface area contributed by atoms with Crippen LogP contribution in [0, 0.1) is 5.82 Å². The molecule has 2 aromatic rings. The number of benzene rings is 1. The average molecular weight is 367 g/mol. The Labute approximate surface area is 150 Å². The van der Waals surface area contributed by atoms with Gasteiger partial charge in [-0.1, -0.05) is 19.4 Å². The summed E-state index contributed by atoms with van der Waals surface area (Å²) in [7, 11) is 2.77. The van der Waals surface area contributed by atoms with E-state index in [1.54, 1.807) is 19.1 Å². The van der Waals surface area contributed by atoms with Gasteiger partial charge >= 0.3 is 5.97 Å². The quantitative estimate of drug-likeness (QED) is 0.759. The number of halogens is 1. The van der Waals surface area contributed by atoms with E-state index >= 15 is 0 Å². The Hall–Kier alpha value is -1.99. The van der Waals surface area contributed by atoms with Gasteiger partial charge in [-0.3, -0.25) is 4.79 Å². The van der Waals surface area contributed by atoms with E-state index in [-0.39, 0.29) is 6.61 Å². The second-order valence-corrected chi connectivity index (χ2v) is 7.04. The van der Waals surface area contributed by atoms with Gasteiger partial charge in [0.15, 0.2) is 0 Å². The highest BCUT2D eigenvalue weighted by atomic mass is 32.1. The van der Waals surface area contributed by atoms with Gasteiger partial charge in [0.05, 0.1) is 18.6 Å². The van der Waals surface area contributed by atoms with Gasteiger partial charge in [0.2, 0.25) is 0 Å². The third-order valence-electron chi connectivity index (χ3n) is 4.03. The number of carbonyl (C=O) groups excluding carboxylic acids is 2. The zero-order chi connectivity index (χ0) is 18.6. The highest BCUT2D eigenvalue weighted by Gasteiger charge is 2.36. The number of thiophene rings is 1. The summed E-state index contributed by atoms with van der Waals surface area (Å²) in [5.41, 5.74) is -0.651. The molecule has 0 bridgehead atoms. The minimum Gasteiger partial charge on any atom is -0.467 e. The second-order valence-electron chi connectivity index (χ2n) is 5.98. The Kier molecular flexibility index (Phi) is 6.13. The SMILES string of the molecule is CCCC(C)(NC(=O)c1sc2cccc(F)c2c1COC)C(=O)OC. The Morgan fingerprint density at radius 1 is 1.32 bits per heavy atom. The molecule has 0 aliphatic carbocycles. The van der Waals surface area contributed by atoms with Crippen molar-refractivity contribution in [1.82, 2.24) is 5.32 Å². The van der Waals surface area contributed by atoms with Crippen LogP contribution in [0.25, 0.3) is 10.1 Å². The predicted octanol–water partition coefficient (Wildman–Crippen LogP) is 3.65. The van der Waals surface area contributed by atoms with Gasteiger partial charge in [-0.05, 0) is 25.5 Å². The summed E-state index contributed by atoms with van der Waals surface area (Å²) in [6.45, 7) is 3.65. The molecule has 0 saturated heterocycles. The molecular formula is C18H22FNO4S. The molecule has 1 heterocycles. The van der Waals surface area contributed by atoms with Crippen molar-refractivity contribution in [2.75, 3.05) is 14.2 Å². The molecule has 1 amide bonds. The summed E-state index contributed by atoms with van der Waals surface area (Å²) in [4.78, 5) is 25.3. The van der Waals surface area contributed by atoms with E-state index in [1.165, 1.54) is 31.6 Å². The van der Waals surface area contributed by atoms with Gasteiger partial charge in [-0.15, -0.1) is 11.3 Å². The van der Waals surface area contributed by atoms with Crippen molar-refractivity contribution in [3.63, 3.8) is 0 Å². The van der Waals surface area contributed by atoms with E-state index < -0.39 is 23.2 Å². The van der Waals surface area contributed by atoms with Crippen molar-refractivity contribution in [1.29, 1.82) is 0 Å². The van der Waals surface area contributed by atoms with E-state index in [9.17, 15) is 14.0 Å². The molecule has 25 heavy (non-hydrogen) atoms. The lowest BCUT2D eigenvalue weighted by molar-refractivity contribution is -0.147. The number of carbonyl (C=O) groups is 2. The van der Waals surface area contributed by atoms with Crippen LogP contribution in [0.15, 0.2) is 18.2 Å². The van der Waals surface area contributed by atoms with Crippen LogP contribution in [-0.4, -0.2) is 31.6 Å². The van der Waals surface area contributed by atoms with E-state index in [0.29, 0.717) is 33.4 Å². The Balaban J connectivity index is 2.46. The van der Waals surface area contributed by atoms with Gasteiger partial charge in [-0.2, -0.15) is 0 Å². The number of esters is 1. The fraction of sp³-hybridized carbons (Fsp3) is 0.444. The standard InChI is InChI=1S/C18H22FNO4S/c1-5-9-18(2,17(22)24-4)20-16(21)15-11(10-23-3)14-12(19)7-6-8-13(14)25-15/h6-8H,5,9-10H2,1-4H3,(H,20,21). The average Bonchev–Trinajstić information content (AvgIpc) is 2.94. The molecule has 2 rings (SSSR count). The summed E-state index contributed by atoms with van der Waals surface area (Å²) in [6, 6.07) is 4.71. The largest absolute Gasteiger partial charge is 0.467 e. The Morgan fingerprint density at radius 3 is 2.64 bits per heavy atom. The normalized spacial score (nSPS) is 13.5. The van der Waals surface area contributed by atoms with E-state index in [0.717, 1.165) is 0 Å². The van der Waals surface area contributed by atoms with Crippen LogP contribution in [0.5, 0.6) is 0 Å². The first-order chi connectivity index (χ1) is 11.9. The van der Waals surface area contributed by atoms with Crippen LogP contribution in [0.4, 0.5) is 4.39 Å². The molecular weight excluding hydrogens is 345 g/mol. The van der Waals surface area contributed by atoms with Crippen LogP contribution in [-0.2, 0) is 20.9 Å². The summed E-state index contributed by atoms with van der Waals surface area (Å²) in [6.07, 6.45) is 1.13. The number of amides is 1. The maximum absolute atomic E-state index is 14.2. The summed E-state index contributed by atoms with van der Waals surface area (Å²) in [5, 5.41) is 3.14. The molecule has 7 heteroatoms. The fourth-order valence-electron chi connectivity index (χ4n) is 2.88. The van der Waals surface area contributed by atoms with Crippen molar-refractivity contribution in [2.24, 2.45) is 0 Å². The molecule has 1 aromatic carbocycles. The summed E-state index contributed by atoms with van der Waals surface area (Å²) >= 11 is 1.18. The van der Waals surface area contributed by atoms with Gasteiger partial charge < -0.3 is 14.8 Å². The van der Waals surface area contributed by atoms with Crippen LogP contribution in [0.3, 0.4) is 0 Å². The molecule has 0 fully saturated rings. The predicted molar refractivity (Wildman–Crippen MR) is 95.3 cm³/mol. The molecule has 5 nitrogen and oxygen atoms in total. The van der Waals surface area contributed by atoms with Crippen molar-refractivity contribution in [3.8, 4) is 0 Å². The van der Waals surface area contributed by atoms with E-state index in [1.807, 2.05) is 6.92 Å². The lowest BCUT2D eigenvalue weighted by Gasteiger charge is -2.27. The van der Waals surface area contributed by atoms with Crippen LogP contribution in [0.2, 0.25) is 0 Å². The topological polar surface area (TPSA) is 64.6 Å². The molecule has 1 aromatic heterocycles. The highest BCUT2D eigenvalue weighted by Crippen LogP contribution is 2.34. The van der Waals surface area contributed by atoms with Crippen molar-refractivity contribution in [2.45, 2.75) is 38.8 Å². The van der Waals surface area contributed by atoms with Crippen LogP contribution in [0.1, 0.15) is 41.9 Å². The van der Waals surface area contributed by atoms with E-state index in [2.05, 4.69) is 5.32 Å². The number of rotatable bonds is 7. The Morgan fingerprint density at radius 2 is 2.04 bits per heavy atom.